The molecule has 0 spiro atoms. The highest BCUT2D eigenvalue weighted by Crippen LogP contribution is 2.27. The molecule has 1 amide bonds. The van der Waals surface area contributed by atoms with Crippen molar-refractivity contribution in [3.63, 3.8) is 0 Å². The van der Waals surface area contributed by atoms with E-state index < -0.39 is 0 Å². The van der Waals surface area contributed by atoms with Crippen molar-refractivity contribution in [2.45, 2.75) is 32.1 Å². The van der Waals surface area contributed by atoms with Gasteiger partial charge in [0.25, 0.3) is 0 Å². The Bertz CT molecular complexity index is 663. The molecule has 0 bridgehead atoms. The quantitative estimate of drug-likeness (QED) is 0.872. The lowest BCUT2D eigenvalue weighted by molar-refractivity contribution is -0.131. The molecule has 1 aromatic heterocycles. The molecule has 1 aliphatic rings. The van der Waals surface area contributed by atoms with Crippen LogP contribution in [0.2, 0.25) is 5.02 Å². The van der Waals surface area contributed by atoms with Crippen LogP contribution in [0.3, 0.4) is 0 Å². The molecule has 1 aromatic carbocycles. The van der Waals surface area contributed by atoms with E-state index in [1.165, 1.54) is 0 Å². The smallest absolute Gasteiger partial charge is 0.229 e. The summed E-state index contributed by atoms with van der Waals surface area (Å²) < 4.78 is 5.23. The van der Waals surface area contributed by atoms with Crippen molar-refractivity contribution in [2.24, 2.45) is 0 Å². The van der Waals surface area contributed by atoms with Crippen LogP contribution in [0, 0.1) is 6.92 Å². The highest BCUT2D eigenvalue weighted by molar-refractivity contribution is 6.31. The van der Waals surface area contributed by atoms with Crippen LogP contribution in [-0.4, -0.2) is 34.0 Å². The van der Waals surface area contributed by atoms with Crippen molar-refractivity contribution in [1.29, 1.82) is 0 Å². The zero-order chi connectivity index (χ0) is 15.5. The molecule has 1 fully saturated rings. The van der Waals surface area contributed by atoms with Gasteiger partial charge < -0.3 is 9.42 Å². The van der Waals surface area contributed by atoms with Crippen LogP contribution >= 0.6 is 11.6 Å². The van der Waals surface area contributed by atoms with Crippen LogP contribution in [0.4, 0.5) is 0 Å². The molecule has 0 atom stereocenters. The number of halogens is 1. The maximum absolute atomic E-state index is 12.4. The number of rotatable bonds is 3. The highest BCUT2D eigenvalue weighted by Gasteiger charge is 2.27. The highest BCUT2D eigenvalue weighted by atomic mass is 35.5. The minimum Gasteiger partial charge on any atom is -0.342 e. The lowest BCUT2D eigenvalue weighted by atomic mass is 9.96. The first-order valence-corrected chi connectivity index (χ1v) is 7.82. The number of benzene rings is 1. The Balaban J connectivity index is 1.57. The first-order chi connectivity index (χ1) is 10.6. The summed E-state index contributed by atoms with van der Waals surface area (Å²) in [5, 5.41) is 4.48. The predicted molar refractivity (Wildman–Crippen MR) is 82.7 cm³/mol. The van der Waals surface area contributed by atoms with Crippen LogP contribution in [0.15, 0.2) is 28.8 Å². The first kappa shape index (κ1) is 15.0. The summed E-state index contributed by atoms with van der Waals surface area (Å²) >= 11 is 6.11. The van der Waals surface area contributed by atoms with E-state index in [4.69, 9.17) is 16.1 Å². The van der Waals surface area contributed by atoms with E-state index in [1.54, 1.807) is 0 Å². The maximum Gasteiger partial charge on any atom is 0.229 e. The summed E-state index contributed by atoms with van der Waals surface area (Å²) in [5.41, 5.74) is 0.879. The van der Waals surface area contributed by atoms with Crippen LogP contribution in [0.5, 0.6) is 0 Å². The van der Waals surface area contributed by atoms with Gasteiger partial charge in [0.1, 0.15) is 0 Å². The number of amides is 1. The van der Waals surface area contributed by atoms with Crippen molar-refractivity contribution in [3.8, 4) is 0 Å². The summed E-state index contributed by atoms with van der Waals surface area (Å²) in [5.74, 6) is 1.72. The third-order valence-corrected chi connectivity index (χ3v) is 4.41. The van der Waals surface area contributed by atoms with Gasteiger partial charge >= 0.3 is 0 Å². The van der Waals surface area contributed by atoms with E-state index in [0.29, 0.717) is 23.2 Å². The number of likely N-dealkylation sites (tertiary alicyclic amines) is 1. The van der Waals surface area contributed by atoms with E-state index in [2.05, 4.69) is 10.1 Å². The second-order valence-corrected chi connectivity index (χ2v) is 6.01. The molecule has 6 heteroatoms. The number of aryl methyl sites for hydroxylation is 1. The Morgan fingerprint density at radius 1 is 1.36 bits per heavy atom. The fraction of sp³-hybridized carbons (Fsp3) is 0.438. The van der Waals surface area contributed by atoms with Crippen LogP contribution in [-0.2, 0) is 11.2 Å². The second kappa shape index (κ2) is 6.48. The van der Waals surface area contributed by atoms with Crippen molar-refractivity contribution in [2.75, 3.05) is 13.1 Å². The predicted octanol–water partition coefficient (Wildman–Crippen LogP) is 2.98. The number of aromatic nitrogens is 2. The van der Waals surface area contributed by atoms with Crippen LogP contribution in [0.1, 0.15) is 36.0 Å². The summed E-state index contributed by atoms with van der Waals surface area (Å²) in [4.78, 5) is 18.6. The molecule has 1 aliphatic heterocycles. The molecule has 3 rings (SSSR count). The largest absolute Gasteiger partial charge is 0.342 e. The first-order valence-electron chi connectivity index (χ1n) is 7.45. The Labute approximate surface area is 134 Å². The molecule has 1 saturated heterocycles. The lowest BCUT2D eigenvalue weighted by Crippen LogP contribution is -2.38. The summed E-state index contributed by atoms with van der Waals surface area (Å²) in [7, 11) is 0. The normalized spacial score (nSPS) is 16.0. The Morgan fingerprint density at radius 3 is 2.73 bits per heavy atom. The average Bonchev–Trinajstić information content (AvgIpc) is 2.96. The third kappa shape index (κ3) is 3.30. The molecule has 116 valence electrons. The Hall–Kier alpha value is -1.88. The summed E-state index contributed by atoms with van der Waals surface area (Å²) in [6.07, 6.45) is 2.07. The van der Waals surface area contributed by atoms with E-state index in [0.717, 1.165) is 31.5 Å². The minimum atomic E-state index is 0.119. The fourth-order valence-electron chi connectivity index (χ4n) is 2.77. The molecule has 0 radical (unpaired) electrons. The average molecular weight is 320 g/mol. The minimum absolute atomic E-state index is 0.119. The molecule has 0 aliphatic carbocycles. The number of carbonyl (C=O) groups is 1. The molecular weight excluding hydrogens is 302 g/mol. The maximum atomic E-state index is 12.4. The lowest BCUT2D eigenvalue weighted by Gasteiger charge is -2.30. The molecule has 0 saturated carbocycles. The SMILES string of the molecule is Cc1noc(C2CCN(C(=O)Cc3ccccc3Cl)CC2)n1. The van der Waals surface area contributed by atoms with E-state index in [1.807, 2.05) is 36.1 Å². The van der Waals surface area contributed by atoms with E-state index in [-0.39, 0.29) is 11.8 Å². The number of hydrogen-bond acceptors (Lipinski definition) is 4. The Morgan fingerprint density at radius 2 is 2.09 bits per heavy atom. The number of piperidine rings is 1. The monoisotopic (exact) mass is 319 g/mol. The molecule has 2 heterocycles. The van der Waals surface area contributed by atoms with Gasteiger partial charge in [-0.1, -0.05) is 35.0 Å². The van der Waals surface area contributed by atoms with Crippen molar-refractivity contribution in [1.82, 2.24) is 15.0 Å². The van der Waals surface area contributed by atoms with Crippen molar-refractivity contribution >= 4 is 17.5 Å². The molecule has 22 heavy (non-hydrogen) atoms. The van der Waals surface area contributed by atoms with Crippen LogP contribution < -0.4 is 0 Å². The molecule has 5 nitrogen and oxygen atoms in total. The van der Waals surface area contributed by atoms with Gasteiger partial charge in [-0.15, -0.1) is 0 Å². The standard InChI is InChI=1S/C16H18ClN3O2/c1-11-18-16(22-19-11)12-6-8-20(9-7-12)15(21)10-13-4-2-3-5-14(13)17/h2-5,12H,6-10H2,1H3. The zero-order valence-electron chi connectivity index (χ0n) is 12.5. The van der Waals surface area contributed by atoms with E-state index in [9.17, 15) is 4.79 Å². The summed E-state index contributed by atoms with van der Waals surface area (Å²) in [6, 6.07) is 7.48. The Kier molecular flexibility index (Phi) is 4.43. The topological polar surface area (TPSA) is 59.2 Å². The molecule has 0 N–H and O–H groups in total. The van der Waals surface area contributed by atoms with Gasteiger partial charge in [-0.05, 0) is 31.4 Å². The van der Waals surface area contributed by atoms with Gasteiger partial charge in [0.2, 0.25) is 11.8 Å². The van der Waals surface area contributed by atoms with Crippen LogP contribution in [0.25, 0.3) is 0 Å². The van der Waals surface area contributed by atoms with Gasteiger partial charge in [0, 0.05) is 24.0 Å². The van der Waals surface area contributed by atoms with Gasteiger partial charge in [0.05, 0.1) is 6.42 Å². The third-order valence-electron chi connectivity index (χ3n) is 4.04. The van der Waals surface area contributed by atoms with Gasteiger partial charge in [-0.2, -0.15) is 4.98 Å². The van der Waals surface area contributed by atoms with Gasteiger partial charge in [-0.3, -0.25) is 4.79 Å². The molecule has 2 aromatic rings. The van der Waals surface area contributed by atoms with Gasteiger partial charge in [0.15, 0.2) is 5.82 Å². The van der Waals surface area contributed by atoms with Crippen molar-refractivity contribution < 1.29 is 9.32 Å². The van der Waals surface area contributed by atoms with Gasteiger partial charge in [-0.25, -0.2) is 0 Å². The number of nitrogens with zero attached hydrogens (tertiary/aromatic N) is 3. The fourth-order valence-corrected chi connectivity index (χ4v) is 2.97. The molecular formula is C16H18ClN3O2. The number of hydrogen-bond donors (Lipinski definition) is 0. The zero-order valence-corrected chi connectivity index (χ0v) is 13.2. The molecule has 0 unspecified atom stereocenters. The number of carbonyl (C=O) groups excluding carboxylic acids is 1. The van der Waals surface area contributed by atoms with Crippen molar-refractivity contribution in [3.05, 3.63) is 46.6 Å². The van der Waals surface area contributed by atoms with E-state index >= 15 is 0 Å². The second-order valence-electron chi connectivity index (χ2n) is 5.60. The summed E-state index contributed by atoms with van der Waals surface area (Å²) in [6.45, 7) is 3.25.